The Morgan fingerprint density at radius 2 is 1.41 bits per heavy atom. The van der Waals surface area contributed by atoms with Crippen LogP contribution in [0.2, 0.25) is 0 Å². The highest BCUT2D eigenvalue weighted by Crippen LogP contribution is 2.66. The molecule has 7 rings (SSSR count). The molecule has 212 valence electrons. The maximum Gasteiger partial charge on any atom is 0.338 e. The summed E-state index contributed by atoms with van der Waals surface area (Å²) in [4.78, 5) is 42.4. The minimum Gasteiger partial charge on any atom is -0.462 e. The summed E-state index contributed by atoms with van der Waals surface area (Å²) in [7, 11) is 0. The molecule has 0 saturated carbocycles. The van der Waals surface area contributed by atoms with Gasteiger partial charge in [0.15, 0.2) is 0 Å². The van der Waals surface area contributed by atoms with Crippen LogP contribution in [0.25, 0.3) is 0 Å². The number of imide groups is 1. The lowest BCUT2D eigenvalue weighted by molar-refractivity contribution is -0.122. The molecule has 3 aromatic rings. The zero-order valence-corrected chi connectivity index (χ0v) is 25.1. The normalized spacial score (nSPS) is 23.8. The first-order valence-electron chi connectivity index (χ1n) is 15.0. The van der Waals surface area contributed by atoms with E-state index in [1.165, 1.54) is 37.0 Å². The van der Waals surface area contributed by atoms with Crippen molar-refractivity contribution in [2.24, 2.45) is 11.8 Å². The second-order valence-electron chi connectivity index (χ2n) is 11.5. The Kier molecular flexibility index (Phi) is 7.86. The van der Waals surface area contributed by atoms with Crippen LogP contribution < -0.4 is 4.90 Å². The molecule has 2 amide bonds. The third-order valence-electron chi connectivity index (χ3n) is 9.09. The molecule has 0 radical (unpaired) electrons. The molecule has 0 spiro atoms. The van der Waals surface area contributed by atoms with Crippen molar-refractivity contribution in [1.82, 2.24) is 0 Å². The van der Waals surface area contributed by atoms with Crippen molar-refractivity contribution in [3.63, 3.8) is 0 Å². The fraction of sp³-hybridized carbons (Fsp3) is 0.400. The molecule has 1 saturated heterocycles. The van der Waals surface area contributed by atoms with Gasteiger partial charge in [0, 0.05) is 5.92 Å². The number of amides is 2. The van der Waals surface area contributed by atoms with Crippen LogP contribution in [0.15, 0.2) is 72.8 Å². The lowest BCUT2D eigenvalue weighted by Gasteiger charge is -2.51. The van der Waals surface area contributed by atoms with Gasteiger partial charge in [0.2, 0.25) is 11.8 Å². The number of esters is 1. The van der Waals surface area contributed by atoms with Crippen molar-refractivity contribution in [3.05, 3.63) is 101 Å². The summed E-state index contributed by atoms with van der Waals surface area (Å²) < 4.78 is 4.75. The average Bonchev–Trinajstić information content (AvgIpc) is 3.27. The molecule has 0 aromatic heterocycles. The van der Waals surface area contributed by atoms with Gasteiger partial charge in [0.05, 0.1) is 34.0 Å². The van der Waals surface area contributed by atoms with Crippen LogP contribution in [0.3, 0.4) is 0 Å². The molecule has 2 bridgehead atoms. The van der Waals surface area contributed by atoms with Crippen molar-refractivity contribution >= 4 is 39.4 Å². The van der Waals surface area contributed by atoms with Crippen molar-refractivity contribution in [1.29, 1.82) is 0 Å². The SMILES string of the molecule is CCCCCCCCCCOC(=O)c1cccc(N2C(=O)[C@H]3C4c5ccccc5C(Br)(c5ccccc54)[C@H]3C2=O)c1. The van der Waals surface area contributed by atoms with E-state index in [0.29, 0.717) is 17.9 Å². The van der Waals surface area contributed by atoms with Crippen molar-refractivity contribution < 1.29 is 19.1 Å². The molecular formula is C35H36BrNO4. The molecule has 1 fully saturated rings. The van der Waals surface area contributed by atoms with E-state index in [0.717, 1.165) is 41.5 Å². The van der Waals surface area contributed by atoms with Gasteiger partial charge in [-0.3, -0.25) is 9.59 Å². The van der Waals surface area contributed by atoms with Crippen LogP contribution in [-0.2, 0) is 18.7 Å². The lowest BCUT2D eigenvalue weighted by Crippen LogP contribution is -2.50. The molecule has 3 aliphatic carbocycles. The number of benzene rings is 3. The lowest BCUT2D eigenvalue weighted by atomic mass is 9.55. The largest absolute Gasteiger partial charge is 0.462 e. The number of nitrogens with zero attached hydrogens (tertiary/aromatic N) is 1. The predicted octanol–water partition coefficient (Wildman–Crippen LogP) is 7.89. The number of carbonyl (C=O) groups excluding carboxylic acids is 3. The Morgan fingerprint density at radius 1 is 0.805 bits per heavy atom. The average molecular weight is 615 g/mol. The number of alkyl halides is 1. The molecule has 41 heavy (non-hydrogen) atoms. The van der Waals surface area contributed by atoms with Crippen molar-refractivity contribution in [3.8, 4) is 0 Å². The number of hydrogen-bond donors (Lipinski definition) is 0. The molecule has 6 heteroatoms. The molecule has 4 aliphatic rings. The van der Waals surface area contributed by atoms with Gasteiger partial charge in [-0.2, -0.15) is 0 Å². The molecule has 1 aliphatic heterocycles. The topological polar surface area (TPSA) is 63.7 Å². The Bertz CT molecular complexity index is 1430. The van der Waals surface area contributed by atoms with Crippen LogP contribution in [0.5, 0.6) is 0 Å². The van der Waals surface area contributed by atoms with Gasteiger partial charge in [-0.15, -0.1) is 0 Å². The van der Waals surface area contributed by atoms with Crippen LogP contribution in [0, 0.1) is 11.8 Å². The smallest absolute Gasteiger partial charge is 0.338 e. The van der Waals surface area contributed by atoms with Gasteiger partial charge in [0.25, 0.3) is 0 Å². The third-order valence-corrected chi connectivity index (χ3v) is 10.4. The maximum absolute atomic E-state index is 14.2. The van der Waals surface area contributed by atoms with Crippen LogP contribution in [0.1, 0.15) is 96.8 Å². The highest BCUT2D eigenvalue weighted by molar-refractivity contribution is 9.09. The fourth-order valence-electron chi connectivity index (χ4n) is 7.19. The fourth-order valence-corrected chi connectivity index (χ4v) is 8.39. The van der Waals surface area contributed by atoms with E-state index in [-0.39, 0.29) is 17.7 Å². The summed E-state index contributed by atoms with van der Waals surface area (Å²) in [5.74, 6) is -2.19. The highest BCUT2D eigenvalue weighted by atomic mass is 79.9. The summed E-state index contributed by atoms with van der Waals surface area (Å²) >= 11 is 4.03. The zero-order valence-electron chi connectivity index (χ0n) is 23.5. The second-order valence-corrected chi connectivity index (χ2v) is 12.8. The summed E-state index contributed by atoms with van der Waals surface area (Å²) in [5, 5.41) is 0. The Hall–Kier alpha value is -3.25. The number of ether oxygens (including phenoxy) is 1. The number of hydrogen-bond acceptors (Lipinski definition) is 4. The van der Waals surface area contributed by atoms with E-state index in [1.54, 1.807) is 24.3 Å². The van der Waals surface area contributed by atoms with Gasteiger partial charge < -0.3 is 4.74 Å². The van der Waals surface area contributed by atoms with Crippen LogP contribution in [0.4, 0.5) is 5.69 Å². The van der Waals surface area contributed by atoms with E-state index < -0.39 is 22.1 Å². The van der Waals surface area contributed by atoms with Gasteiger partial charge in [-0.1, -0.05) is 122 Å². The monoisotopic (exact) mass is 613 g/mol. The van der Waals surface area contributed by atoms with Gasteiger partial charge in [-0.05, 0) is 46.9 Å². The van der Waals surface area contributed by atoms with Crippen molar-refractivity contribution in [2.75, 3.05) is 11.5 Å². The summed E-state index contributed by atoms with van der Waals surface area (Å²) in [6.07, 6.45) is 9.36. The summed E-state index contributed by atoms with van der Waals surface area (Å²) in [6, 6.07) is 23.0. The molecule has 0 unspecified atom stereocenters. The molecule has 3 aromatic carbocycles. The van der Waals surface area contributed by atoms with Gasteiger partial charge >= 0.3 is 5.97 Å². The molecule has 5 nitrogen and oxygen atoms in total. The first kappa shape index (κ1) is 27.9. The van der Waals surface area contributed by atoms with Crippen LogP contribution in [-0.4, -0.2) is 24.4 Å². The van der Waals surface area contributed by atoms with Gasteiger partial charge in [0.1, 0.15) is 0 Å². The minimum absolute atomic E-state index is 0.201. The standard InChI is InChI=1S/C35H36BrNO4/c1-2-3-4-5-6-7-8-13-21-41-34(40)23-15-14-16-24(22-23)37-32(38)30-29-25-17-9-11-19-27(25)35(36,31(30)33(37)39)28-20-12-10-18-26(28)29/h9-12,14-20,22,29-31H,2-8,13,21H2,1H3/t29?,30-,31+,35?/m0/s1. The Balaban J connectivity index is 1.19. The first-order chi connectivity index (χ1) is 20.0. The number of carbonyl (C=O) groups is 3. The zero-order chi connectivity index (χ0) is 28.6. The highest BCUT2D eigenvalue weighted by Gasteiger charge is 2.67. The molecule has 2 atom stereocenters. The number of rotatable bonds is 11. The van der Waals surface area contributed by atoms with E-state index in [1.807, 2.05) is 24.3 Å². The first-order valence-corrected chi connectivity index (χ1v) is 15.8. The second kappa shape index (κ2) is 11.6. The maximum atomic E-state index is 14.2. The van der Waals surface area contributed by atoms with E-state index in [9.17, 15) is 14.4 Å². The quantitative estimate of drug-likeness (QED) is 0.0954. The summed E-state index contributed by atoms with van der Waals surface area (Å²) in [5.41, 5.74) is 5.04. The number of unbranched alkanes of at least 4 members (excludes halogenated alkanes) is 7. The Labute approximate surface area is 250 Å². The third kappa shape index (κ3) is 4.64. The van der Waals surface area contributed by atoms with Crippen molar-refractivity contribution in [2.45, 2.75) is 68.5 Å². The molecule has 0 N–H and O–H groups in total. The molecular weight excluding hydrogens is 578 g/mol. The minimum atomic E-state index is -0.798. The number of anilines is 1. The molecule has 1 heterocycles. The predicted molar refractivity (Wildman–Crippen MR) is 163 cm³/mol. The Morgan fingerprint density at radius 3 is 2.07 bits per heavy atom. The van der Waals surface area contributed by atoms with E-state index >= 15 is 0 Å². The number of halogens is 1. The van der Waals surface area contributed by atoms with Crippen LogP contribution >= 0.6 is 15.9 Å². The van der Waals surface area contributed by atoms with E-state index in [4.69, 9.17) is 4.74 Å². The van der Waals surface area contributed by atoms with E-state index in [2.05, 4.69) is 47.1 Å². The summed E-state index contributed by atoms with van der Waals surface area (Å²) in [6.45, 7) is 2.59. The van der Waals surface area contributed by atoms with Gasteiger partial charge in [-0.25, -0.2) is 9.69 Å².